The van der Waals surface area contributed by atoms with Gasteiger partial charge in [0, 0.05) is 11.8 Å². The molecule has 0 aliphatic carbocycles. The predicted octanol–water partition coefficient (Wildman–Crippen LogP) is 1.55. The lowest BCUT2D eigenvalue weighted by Crippen LogP contribution is -2.40. The number of carbonyl (C=O) groups is 2. The molecule has 0 saturated carbocycles. The van der Waals surface area contributed by atoms with Crippen LogP contribution in [0.25, 0.3) is 17.5 Å². The summed E-state index contributed by atoms with van der Waals surface area (Å²) >= 11 is 0.872. The first kappa shape index (κ1) is 23.7. The summed E-state index contributed by atoms with van der Waals surface area (Å²) in [5, 5.41) is 12.8. The number of ether oxygens (including phenoxy) is 1. The van der Waals surface area contributed by atoms with Crippen molar-refractivity contribution in [2.24, 2.45) is 5.73 Å². The number of nitrogens with zero attached hydrogens (tertiary/aromatic N) is 2. The molecule has 3 N–H and O–H groups in total. The Balaban J connectivity index is 2.05. The van der Waals surface area contributed by atoms with Gasteiger partial charge in [0.2, 0.25) is 0 Å². The van der Waals surface area contributed by atoms with E-state index < -0.39 is 29.2 Å². The zero-order chi connectivity index (χ0) is 25.3. The normalized spacial score (nSPS) is 15.4. The average molecular weight is 491 g/mol. The van der Waals surface area contributed by atoms with Crippen molar-refractivity contribution in [3.63, 3.8) is 0 Å². The smallest absolute Gasteiger partial charge is 0.332 e. The van der Waals surface area contributed by atoms with E-state index in [1.54, 1.807) is 18.2 Å². The number of hydrogen-bond acceptors (Lipinski definition) is 7. The maximum atomic E-state index is 13.7. The first-order valence-electron chi connectivity index (χ1n) is 10.3. The van der Waals surface area contributed by atoms with E-state index >= 15 is 0 Å². The molecule has 1 aliphatic heterocycles. The minimum atomic E-state index is -0.977. The number of nitrogens with two attached hydrogens (primary N) is 1. The van der Waals surface area contributed by atoms with Crippen LogP contribution >= 0.6 is 11.3 Å². The molecule has 1 aliphatic rings. The number of methoxy groups -OCH3 is 1. The van der Waals surface area contributed by atoms with Gasteiger partial charge in [-0.3, -0.25) is 14.2 Å². The van der Waals surface area contributed by atoms with Gasteiger partial charge in [0.15, 0.2) is 0 Å². The number of thiazole rings is 1. The second-order valence-electron chi connectivity index (χ2n) is 7.71. The van der Waals surface area contributed by atoms with Crippen molar-refractivity contribution in [3.8, 4) is 6.07 Å². The van der Waals surface area contributed by atoms with E-state index in [1.165, 1.54) is 31.4 Å². The lowest BCUT2D eigenvalue weighted by Gasteiger charge is -2.25. The van der Waals surface area contributed by atoms with Gasteiger partial charge in [-0.2, -0.15) is 5.26 Å². The molecule has 1 unspecified atom stereocenters. The number of nitrogens with one attached hydrogen (secondary N) is 1. The summed E-state index contributed by atoms with van der Waals surface area (Å²) in [5.41, 5.74) is 7.45. The van der Waals surface area contributed by atoms with Crippen LogP contribution in [0.15, 0.2) is 58.9 Å². The highest BCUT2D eigenvalue weighted by Crippen LogP contribution is 2.36. The van der Waals surface area contributed by atoms with Gasteiger partial charge in [-0.15, -0.1) is 11.3 Å². The van der Waals surface area contributed by atoms with Crippen molar-refractivity contribution < 1.29 is 18.7 Å². The van der Waals surface area contributed by atoms with Crippen LogP contribution in [0.3, 0.4) is 0 Å². The fourth-order valence-electron chi connectivity index (χ4n) is 3.84. The van der Waals surface area contributed by atoms with Crippen LogP contribution in [0, 0.1) is 24.1 Å². The molecule has 0 bridgehead atoms. The largest absolute Gasteiger partial charge is 0.466 e. The van der Waals surface area contributed by atoms with Gasteiger partial charge >= 0.3 is 5.97 Å². The van der Waals surface area contributed by atoms with Gasteiger partial charge < -0.3 is 15.8 Å². The van der Waals surface area contributed by atoms with E-state index in [2.05, 4.69) is 10.1 Å². The van der Waals surface area contributed by atoms with Gasteiger partial charge in [0.1, 0.15) is 20.8 Å². The Morgan fingerprint density at radius 3 is 2.60 bits per heavy atom. The number of amides is 1. The Morgan fingerprint density at radius 2 is 1.97 bits per heavy atom. The summed E-state index contributed by atoms with van der Waals surface area (Å²) in [6.45, 7) is 1.87. The van der Waals surface area contributed by atoms with Crippen molar-refractivity contribution in [1.29, 1.82) is 5.26 Å². The Bertz CT molecular complexity index is 1610. The molecule has 1 aromatic heterocycles. The van der Waals surface area contributed by atoms with Crippen LogP contribution < -0.4 is 25.8 Å². The number of carbonyl (C=O) groups excluding carboxylic acids is 2. The number of aryl methyl sites for hydroxylation is 1. The first-order valence-corrected chi connectivity index (χ1v) is 11.2. The summed E-state index contributed by atoms with van der Waals surface area (Å²) in [5.74, 6) is -2.98. The number of fused-ring (bicyclic) bond motifs is 1. The van der Waals surface area contributed by atoms with Crippen LogP contribution in [0.2, 0.25) is 0 Å². The quantitative estimate of drug-likeness (QED) is 0.535. The third-order valence-electron chi connectivity index (χ3n) is 5.44. The molecular formula is C25H19FN4O4S. The van der Waals surface area contributed by atoms with Crippen molar-refractivity contribution in [3.05, 3.63) is 90.6 Å². The molecule has 2 aromatic carbocycles. The molecule has 8 nitrogen and oxygen atoms in total. The molecule has 0 fully saturated rings. The molecule has 0 spiro atoms. The molecule has 1 amide bonds. The van der Waals surface area contributed by atoms with Crippen LogP contribution in [0.5, 0.6) is 0 Å². The number of hydrogen-bond donors (Lipinski definition) is 2. The number of aromatic nitrogens is 1. The third kappa shape index (κ3) is 4.37. The molecule has 35 heavy (non-hydrogen) atoms. The predicted molar refractivity (Wildman–Crippen MR) is 130 cm³/mol. The second kappa shape index (κ2) is 9.40. The zero-order valence-corrected chi connectivity index (χ0v) is 19.5. The fourth-order valence-corrected chi connectivity index (χ4v) is 4.98. The maximum absolute atomic E-state index is 13.7. The summed E-state index contributed by atoms with van der Waals surface area (Å²) in [7, 11) is 1.17. The molecule has 4 rings (SSSR count). The number of rotatable bonds is 4. The number of anilines is 1. The van der Waals surface area contributed by atoms with Crippen LogP contribution in [0.4, 0.5) is 10.1 Å². The summed E-state index contributed by atoms with van der Waals surface area (Å²) in [6, 6.07) is 14.4. The number of halogens is 1. The topological polar surface area (TPSA) is 127 Å². The van der Waals surface area contributed by atoms with Crippen molar-refractivity contribution >= 4 is 46.4 Å². The molecule has 10 heteroatoms. The van der Waals surface area contributed by atoms with Gasteiger partial charge in [-0.1, -0.05) is 24.3 Å². The van der Waals surface area contributed by atoms with E-state index in [0.717, 1.165) is 27.5 Å². The summed E-state index contributed by atoms with van der Waals surface area (Å²) in [6.07, 6.45) is 1.00. The monoisotopic (exact) mass is 490 g/mol. The first-order chi connectivity index (χ1) is 16.7. The van der Waals surface area contributed by atoms with Crippen molar-refractivity contribution in [2.75, 3.05) is 12.4 Å². The van der Waals surface area contributed by atoms with E-state index in [0.29, 0.717) is 11.3 Å². The Hall–Kier alpha value is -4.49. The van der Waals surface area contributed by atoms with Crippen molar-refractivity contribution in [1.82, 2.24) is 4.57 Å². The highest BCUT2D eigenvalue weighted by Gasteiger charge is 2.35. The number of nitriles is 1. The van der Waals surface area contributed by atoms with Gasteiger partial charge in [0.05, 0.1) is 30.2 Å². The van der Waals surface area contributed by atoms with Crippen LogP contribution in [-0.4, -0.2) is 23.6 Å². The van der Waals surface area contributed by atoms with Gasteiger partial charge in [-0.05, 0) is 42.3 Å². The Labute approximate surface area is 202 Å². The molecule has 3 aromatic rings. The SMILES string of the molecule is COC(=O)C=c1sc2n(c1=O)C(N)=C(C#N)C(c1ccc(F)cc1)C=2C(=O)Nc1cccc(C)c1. The highest BCUT2D eigenvalue weighted by atomic mass is 32.1. The molecular weight excluding hydrogens is 471 g/mol. The van der Waals surface area contributed by atoms with Gasteiger partial charge in [-0.25, -0.2) is 9.18 Å². The summed E-state index contributed by atoms with van der Waals surface area (Å²) < 4.78 is 19.5. The second-order valence-corrected chi connectivity index (χ2v) is 8.74. The summed E-state index contributed by atoms with van der Waals surface area (Å²) in [4.78, 5) is 38.6. The number of benzene rings is 2. The van der Waals surface area contributed by atoms with Gasteiger partial charge in [0.25, 0.3) is 11.5 Å². The fraction of sp³-hybridized carbons (Fsp3) is 0.120. The minimum absolute atomic E-state index is 0.0206. The van der Waals surface area contributed by atoms with E-state index in [-0.39, 0.29) is 26.2 Å². The Kier molecular flexibility index (Phi) is 6.36. The minimum Gasteiger partial charge on any atom is -0.466 e. The van der Waals surface area contributed by atoms with Crippen LogP contribution in [-0.2, 0) is 14.3 Å². The molecule has 176 valence electrons. The lowest BCUT2D eigenvalue weighted by atomic mass is 9.83. The van der Waals surface area contributed by atoms with E-state index in [1.807, 2.05) is 19.1 Å². The molecule has 0 saturated heterocycles. The molecule has 0 radical (unpaired) electrons. The van der Waals surface area contributed by atoms with E-state index in [9.17, 15) is 24.0 Å². The third-order valence-corrected chi connectivity index (χ3v) is 6.55. The lowest BCUT2D eigenvalue weighted by molar-refractivity contribution is -0.133. The zero-order valence-electron chi connectivity index (χ0n) is 18.7. The number of esters is 1. The van der Waals surface area contributed by atoms with E-state index in [4.69, 9.17) is 5.73 Å². The highest BCUT2D eigenvalue weighted by molar-refractivity contribution is 7.07. The van der Waals surface area contributed by atoms with Crippen molar-refractivity contribution in [2.45, 2.75) is 12.8 Å². The number of allylic oxidation sites excluding steroid dienone is 1. The maximum Gasteiger partial charge on any atom is 0.332 e. The standard InChI is InChI=1S/C25H19FN4O4S/c1-13-4-3-5-16(10-13)29-23(32)21-20(14-6-8-15(26)9-7-14)17(12-27)22(28)30-24(33)18(35-25(21)30)11-19(31)34-2/h3-11,20H,28H2,1-2H3,(H,29,32). The average Bonchev–Trinajstić information content (AvgIpc) is 3.15. The Morgan fingerprint density at radius 1 is 1.26 bits per heavy atom. The molecule has 1 atom stereocenters. The van der Waals surface area contributed by atoms with Crippen LogP contribution in [0.1, 0.15) is 17.0 Å². The molecule has 2 heterocycles.